The number of aliphatic hydroxyl groups excluding tert-OH is 1. The highest BCUT2D eigenvalue weighted by Crippen LogP contribution is 2.08. The van der Waals surface area contributed by atoms with Crippen molar-refractivity contribution in [1.82, 2.24) is 0 Å². The summed E-state index contributed by atoms with van der Waals surface area (Å²) in [5.74, 6) is 0. The molecule has 0 aromatic rings. The molecule has 0 aromatic carbocycles. The molecule has 0 fully saturated rings. The van der Waals surface area contributed by atoms with Crippen LogP contribution < -0.4 is 0 Å². The van der Waals surface area contributed by atoms with Gasteiger partial charge in [-0.3, -0.25) is 0 Å². The van der Waals surface area contributed by atoms with Crippen LogP contribution in [0.4, 0.5) is 0 Å². The lowest BCUT2D eigenvalue weighted by atomic mass is 10.1. The summed E-state index contributed by atoms with van der Waals surface area (Å²) in [6, 6.07) is 0. The van der Waals surface area contributed by atoms with Crippen LogP contribution in [0.5, 0.6) is 0 Å². The summed E-state index contributed by atoms with van der Waals surface area (Å²) < 4.78 is 4.89. The second kappa shape index (κ2) is 7.32. The lowest BCUT2D eigenvalue weighted by Gasteiger charge is -2.09. The minimum absolute atomic E-state index is 0.183. The van der Waals surface area contributed by atoms with Crippen LogP contribution in [0.25, 0.3) is 0 Å². The summed E-state index contributed by atoms with van der Waals surface area (Å²) in [5, 5.41) is 9.43. The van der Waals surface area contributed by atoms with E-state index < -0.39 is 0 Å². The first kappa shape index (κ1) is 11.7. The number of ether oxygens (including phenoxy) is 1. The molecule has 0 aromatic heterocycles. The molecule has 0 rings (SSSR count). The van der Waals surface area contributed by atoms with Gasteiger partial charge < -0.3 is 9.84 Å². The highest BCUT2D eigenvalue weighted by atomic mass is 16.5. The Balaban J connectivity index is 3.21. The van der Waals surface area contributed by atoms with Crippen LogP contribution in [-0.4, -0.2) is 24.9 Å². The Morgan fingerprint density at radius 2 is 2.17 bits per heavy atom. The molecule has 0 amide bonds. The average Bonchev–Trinajstić information content (AvgIpc) is 2.01. The molecular formula is C10H20O2. The smallest absolute Gasteiger partial charge is 0.0544 e. The molecule has 12 heavy (non-hydrogen) atoms. The number of aliphatic hydroxyl groups is 1. The summed E-state index contributed by atoms with van der Waals surface area (Å²) in [4.78, 5) is 0. The van der Waals surface area contributed by atoms with E-state index in [0.29, 0.717) is 0 Å². The Labute approximate surface area is 75.2 Å². The maximum Gasteiger partial charge on any atom is 0.0544 e. The largest absolute Gasteiger partial charge is 0.393 e. The SMILES string of the molecule is C=C(C)CCC(O)CCCOC. The molecule has 0 aliphatic rings. The molecule has 1 N–H and O–H groups in total. The van der Waals surface area contributed by atoms with Gasteiger partial charge in [0, 0.05) is 13.7 Å². The molecule has 1 atom stereocenters. The number of hydrogen-bond acceptors (Lipinski definition) is 2. The monoisotopic (exact) mass is 172 g/mol. The van der Waals surface area contributed by atoms with Crippen LogP contribution in [-0.2, 0) is 4.74 Å². The molecule has 0 spiro atoms. The summed E-state index contributed by atoms with van der Waals surface area (Å²) in [6.07, 6.45) is 3.35. The number of methoxy groups -OCH3 is 1. The normalized spacial score (nSPS) is 12.9. The Bertz CT molecular complexity index is 121. The number of hydrogen-bond donors (Lipinski definition) is 1. The minimum Gasteiger partial charge on any atom is -0.393 e. The predicted molar refractivity (Wildman–Crippen MR) is 51.2 cm³/mol. The third-order valence-corrected chi connectivity index (χ3v) is 1.79. The van der Waals surface area contributed by atoms with E-state index in [2.05, 4.69) is 6.58 Å². The Kier molecular flexibility index (Phi) is 7.11. The fourth-order valence-corrected chi connectivity index (χ4v) is 1.02. The molecule has 0 saturated carbocycles. The van der Waals surface area contributed by atoms with Crippen molar-refractivity contribution >= 4 is 0 Å². The van der Waals surface area contributed by atoms with E-state index in [1.165, 1.54) is 0 Å². The van der Waals surface area contributed by atoms with Crippen LogP contribution in [0.1, 0.15) is 32.6 Å². The predicted octanol–water partition coefficient (Wildman–Crippen LogP) is 2.13. The standard InChI is InChI=1S/C10H20O2/c1-9(2)6-7-10(11)5-4-8-12-3/h10-11H,1,4-8H2,2-3H3. The van der Waals surface area contributed by atoms with E-state index in [0.717, 1.165) is 37.9 Å². The molecule has 0 aliphatic carbocycles. The first-order valence-electron chi connectivity index (χ1n) is 4.48. The van der Waals surface area contributed by atoms with Crippen LogP contribution in [0, 0.1) is 0 Å². The van der Waals surface area contributed by atoms with Gasteiger partial charge in [-0.1, -0.05) is 5.57 Å². The van der Waals surface area contributed by atoms with Gasteiger partial charge in [0.1, 0.15) is 0 Å². The van der Waals surface area contributed by atoms with E-state index in [1.54, 1.807) is 7.11 Å². The topological polar surface area (TPSA) is 29.5 Å². The van der Waals surface area contributed by atoms with Crippen LogP contribution in [0.3, 0.4) is 0 Å². The van der Waals surface area contributed by atoms with Crippen molar-refractivity contribution < 1.29 is 9.84 Å². The van der Waals surface area contributed by atoms with Crippen molar-refractivity contribution in [1.29, 1.82) is 0 Å². The zero-order chi connectivity index (χ0) is 9.40. The Morgan fingerprint density at radius 3 is 2.67 bits per heavy atom. The van der Waals surface area contributed by atoms with Gasteiger partial charge in [-0.2, -0.15) is 0 Å². The Morgan fingerprint density at radius 1 is 1.50 bits per heavy atom. The van der Waals surface area contributed by atoms with Gasteiger partial charge in [-0.15, -0.1) is 6.58 Å². The third kappa shape index (κ3) is 7.76. The summed E-state index contributed by atoms with van der Waals surface area (Å²) in [5.41, 5.74) is 1.14. The first-order valence-corrected chi connectivity index (χ1v) is 4.48. The van der Waals surface area contributed by atoms with Gasteiger partial charge in [-0.05, 0) is 32.6 Å². The van der Waals surface area contributed by atoms with Crippen molar-refractivity contribution in [2.45, 2.75) is 38.7 Å². The molecule has 2 nitrogen and oxygen atoms in total. The van der Waals surface area contributed by atoms with Gasteiger partial charge in [-0.25, -0.2) is 0 Å². The molecule has 72 valence electrons. The van der Waals surface area contributed by atoms with Crippen molar-refractivity contribution in [2.75, 3.05) is 13.7 Å². The molecule has 2 heteroatoms. The van der Waals surface area contributed by atoms with Crippen molar-refractivity contribution in [3.05, 3.63) is 12.2 Å². The van der Waals surface area contributed by atoms with E-state index >= 15 is 0 Å². The molecule has 0 heterocycles. The lowest BCUT2D eigenvalue weighted by molar-refractivity contribution is 0.129. The quantitative estimate of drug-likeness (QED) is 0.471. The lowest BCUT2D eigenvalue weighted by Crippen LogP contribution is -2.07. The van der Waals surface area contributed by atoms with Crippen LogP contribution in [0.15, 0.2) is 12.2 Å². The molecule has 0 radical (unpaired) electrons. The van der Waals surface area contributed by atoms with E-state index in [1.807, 2.05) is 6.92 Å². The maximum atomic E-state index is 9.43. The number of allylic oxidation sites excluding steroid dienone is 1. The van der Waals surface area contributed by atoms with Crippen LogP contribution in [0.2, 0.25) is 0 Å². The molecule has 1 unspecified atom stereocenters. The van der Waals surface area contributed by atoms with Crippen molar-refractivity contribution in [3.63, 3.8) is 0 Å². The summed E-state index contributed by atoms with van der Waals surface area (Å²) in [6.45, 7) is 6.52. The number of rotatable bonds is 7. The Hall–Kier alpha value is -0.340. The van der Waals surface area contributed by atoms with E-state index in [4.69, 9.17) is 4.74 Å². The summed E-state index contributed by atoms with van der Waals surface area (Å²) >= 11 is 0. The second-order valence-electron chi connectivity index (χ2n) is 3.28. The zero-order valence-corrected chi connectivity index (χ0v) is 8.18. The molecular weight excluding hydrogens is 152 g/mol. The third-order valence-electron chi connectivity index (χ3n) is 1.79. The van der Waals surface area contributed by atoms with E-state index in [9.17, 15) is 5.11 Å². The molecule has 0 bridgehead atoms. The van der Waals surface area contributed by atoms with Gasteiger partial charge >= 0.3 is 0 Å². The second-order valence-corrected chi connectivity index (χ2v) is 3.28. The van der Waals surface area contributed by atoms with Gasteiger partial charge in [0.25, 0.3) is 0 Å². The fourth-order valence-electron chi connectivity index (χ4n) is 1.02. The first-order chi connectivity index (χ1) is 5.66. The highest BCUT2D eigenvalue weighted by Gasteiger charge is 2.02. The van der Waals surface area contributed by atoms with Crippen molar-refractivity contribution in [2.24, 2.45) is 0 Å². The molecule has 0 saturated heterocycles. The molecule has 0 aliphatic heterocycles. The van der Waals surface area contributed by atoms with Crippen molar-refractivity contribution in [3.8, 4) is 0 Å². The van der Waals surface area contributed by atoms with Gasteiger partial charge in [0.05, 0.1) is 6.10 Å². The van der Waals surface area contributed by atoms with Gasteiger partial charge in [0.15, 0.2) is 0 Å². The van der Waals surface area contributed by atoms with Gasteiger partial charge in [0.2, 0.25) is 0 Å². The average molecular weight is 172 g/mol. The van der Waals surface area contributed by atoms with E-state index in [-0.39, 0.29) is 6.10 Å². The fraction of sp³-hybridized carbons (Fsp3) is 0.800. The highest BCUT2D eigenvalue weighted by molar-refractivity contribution is 4.88. The maximum absolute atomic E-state index is 9.43. The van der Waals surface area contributed by atoms with Crippen LogP contribution >= 0.6 is 0 Å². The zero-order valence-electron chi connectivity index (χ0n) is 8.18. The summed E-state index contributed by atoms with van der Waals surface area (Å²) in [7, 11) is 1.68. The minimum atomic E-state index is -0.183.